The molecular formula is C22H36N4O6Si. The van der Waals surface area contributed by atoms with Crippen LogP contribution in [0.4, 0.5) is 21.9 Å². The fourth-order valence-corrected chi connectivity index (χ4v) is 4.63. The lowest BCUT2D eigenvalue weighted by Crippen LogP contribution is -2.41. The molecule has 0 aromatic heterocycles. The highest BCUT2D eigenvalue weighted by Crippen LogP contribution is 2.36. The molecular weight excluding hydrogens is 444 g/mol. The van der Waals surface area contributed by atoms with Crippen molar-refractivity contribution in [1.82, 2.24) is 5.32 Å². The summed E-state index contributed by atoms with van der Waals surface area (Å²) in [6, 6.07) is 4.03. The van der Waals surface area contributed by atoms with Crippen molar-refractivity contribution in [2.24, 2.45) is 5.92 Å². The molecule has 0 radical (unpaired) electrons. The number of carbonyl (C=O) groups is 2. The first-order valence-corrected chi connectivity index (χ1v) is 14.2. The number of hydrogen-bond acceptors (Lipinski definition) is 6. The van der Waals surface area contributed by atoms with E-state index in [0.29, 0.717) is 43.8 Å². The van der Waals surface area contributed by atoms with Crippen molar-refractivity contribution in [1.29, 1.82) is 0 Å². The predicted octanol–water partition coefficient (Wildman–Crippen LogP) is 4.79. The third-order valence-corrected chi connectivity index (χ3v) is 11.1. The number of nitro groups is 1. The largest absolute Gasteiger partial charge is 0.465 e. The summed E-state index contributed by atoms with van der Waals surface area (Å²) in [6.07, 6.45) is 1.35. The lowest BCUT2D eigenvalue weighted by atomic mass is 9.85. The molecule has 1 saturated carbocycles. The molecule has 2 amide bonds. The van der Waals surface area contributed by atoms with Crippen molar-refractivity contribution < 1.29 is 24.0 Å². The quantitative estimate of drug-likeness (QED) is 0.172. The summed E-state index contributed by atoms with van der Waals surface area (Å²) in [5.74, 6) is -0.641. The van der Waals surface area contributed by atoms with Crippen LogP contribution in [-0.2, 0) is 9.22 Å². The molecule has 10 nitrogen and oxygen atoms in total. The number of carbonyl (C=O) groups excluding carboxylic acids is 1. The topological polar surface area (TPSA) is 143 Å². The summed E-state index contributed by atoms with van der Waals surface area (Å²) < 4.78 is 6.16. The van der Waals surface area contributed by atoms with Crippen LogP contribution in [0.1, 0.15) is 46.5 Å². The predicted molar refractivity (Wildman–Crippen MR) is 130 cm³/mol. The first-order valence-electron chi connectivity index (χ1n) is 11.3. The Morgan fingerprint density at radius 3 is 2.55 bits per heavy atom. The number of nitro benzene ring substituents is 1. The van der Waals surface area contributed by atoms with Crippen LogP contribution < -0.4 is 16.0 Å². The van der Waals surface area contributed by atoms with Gasteiger partial charge >= 0.3 is 6.09 Å². The number of non-ortho nitro benzene ring substituents is 1. The molecule has 1 aliphatic carbocycles. The number of carboxylic acid groups (broad SMARTS) is 1. The van der Waals surface area contributed by atoms with Crippen molar-refractivity contribution in [3.63, 3.8) is 0 Å². The van der Waals surface area contributed by atoms with Crippen molar-refractivity contribution in [3.05, 3.63) is 28.3 Å². The Balaban J connectivity index is 2.07. The molecule has 184 valence electrons. The second kappa shape index (κ2) is 11.0. The molecule has 1 aliphatic rings. The molecule has 0 bridgehead atoms. The molecule has 11 heteroatoms. The van der Waals surface area contributed by atoms with Gasteiger partial charge in [-0.05, 0) is 43.5 Å². The number of amides is 2. The van der Waals surface area contributed by atoms with E-state index in [2.05, 4.69) is 49.8 Å². The summed E-state index contributed by atoms with van der Waals surface area (Å²) in [7, 11) is -1.89. The standard InChI is InChI=1S/C22H36N4O6Si/c1-22(2,3)33(4,5)32-12-11-23-18-10-9-17(26(30)31)14-19(18)25-20(27)15-7-6-8-16(13-15)24-21(28)29/h9-10,14-16,23-24H,6-8,11-13H2,1-5H3,(H,25,27)(H,28,29)/t15-,16+/m1/s1. The zero-order valence-corrected chi connectivity index (χ0v) is 21.1. The van der Waals surface area contributed by atoms with Gasteiger partial charge in [0.2, 0.25) is 5.91 Å². The lowest BCUT2D eigenvalue weighted by molar-refractivity contribution is -0.384. The number of nitrogens with zero attached hydrogens (tertiary/aromatic N) is 1. The van der Waals surface area contributed by atoms with Crippen LogP contribution >= 0.6 is 0 Å². The highest BCUT2D eigenvalue weighted by atomic mass is 28.4. The van der Waals surface area contributed by atoms with Gasteiger partial charge in [-0.15, -0.1) is 0 Å². The van der Waals surface area contributed by atoms with Crippen molar-refractivity contribution in [2.75, 3.05) is 23.8 Å². The monoisotopic (exact) mass is 480 g/mol. The highest BCUT2D eigenvalue weighted by Gasteiger charge is 2.36. The van der Waals surface area contributed by atoms with Crippen LogP contribution in [-0.4, -0.2) is 49.5 Å². The Morgan fingerprint density at radius 1 is 1.24 bits per heavy atom. The molecule has 2 atom stereocenters. The summed E-state index contributed by atoms with van der Waals surface area (Å²) in [6.45, 7) is 11.8. The van der Waals surface area contributed by atoms with Gasteiger partial charge in [0, 0.05) is 30.6 Å². The Kier molecular flexibility index (Phi) is 8.84. The molecule has 1 aromatic carbocycles. The van der Waals surface area contributed by atoms with E-state index in [1.807, 2.05) is 0 Å². The second-order valence-corrected chi connectivity index (χ2v) is 14.8. The van der Waals surface area contributed by atoms with Gasteiger partial charge in [0.15, 0.2) is 8.32 Å². The van der Waals surface area contributed by atoms with Gasteiger partial charge < -0.3 is 25.5 Å². The van der Waals surface area contributed by atoms with Gasteiger partial charge in [-0.25, -0.2) is 4.79 Å². The van der Waals surface area contributed by atoms with Crippen molar-refractivity contribution >= 4 is 37.4 Å². The first kappa shape index (κ1) is 26.6. The number of benzene rings is 1. The third-order valence-electron chi connectivity index (χ3n) is 6.53. The summed E-state index contributed by atoms with van der Waals surface area (Å²) in [5.41, 5.74) is 0.779. The Morgan fingerprint density at radius 2 is 1.94 bits per heavy atom. The molecule has 0 unspecified atom stereocenters. The molecule has 2 rings (SSSR count). The smallest absolute Gasteiger partial charge is 0.404 e. The van der Waals surface area contributed by atoms with Gasteiger partial charge in [-0.1, -0.05) is 27.2 Å². The van der Waals surface area contributed by atoms with E-state index >= 15 is 0 Å². The molecule has 0 aliphatic heterocycles. The zero-order valence-electron chi connectivity index (χ0n) is 20.1. The highest BCUT2D eigenvalue weighted by molar-refractivity contribution is 6.74. The second-order valence-electron chi connectivity index (χ2n) is 10.0. The van der Waals surface area contributed by atoms with E-state index in [0.717, 1.165) is 6.42 Å². The number of anilines is 2. The lowest BCUT2D eigenvalue weighted by Gasteiger charge is -2.36. The Hall–Kier alpha value is -2.66. The van der Waals surface area contributed by atoms with Crippen LogP contribution in [0.25, 0.3) is 0 Å². The van der Waals surface area contributed by atoms with Crippen LogP contribution in [0.5, 0.6) is 0 Å². The molecule has 0 heterocycles. The maximum Gasteiger partial charge on any atom is 0.404 e. The average Bonchev–Trinajstić information content (AvgIpc) is 2.70. The average molecular weight is 481 g/mol. The zero-order chi connectivity index (χ0) is 24.8. The van der Waals surface area contributed by atoms with Gasteiger partial charge in [0.05, 0.1) is 22.9 Å². The first-order chi connectivity index (χ1) is 15.3. The van der Waals surface area contributed by atoms with Gasteiger partial charge in [-0.3, -0.25) is 14.9 Å². The van der Waals surface area contributed by atoms with E-state index in [1.165, 1.54) is 12.1 Å². The summed E-state index contributed by atoms with van der Waals surface area (Å²) in [4.78, 5) is 34.6. The van der Waals surface area contributed by atoms with Gasteiger partial charge in [0.25, 0.3) is 5.69 Å². The molecule has 0 saturated heterocycles. The maximum absolute atomic E-state index is 12.9. The number of rotatable bonds is 9. The third kappa shape index (κ3) is 7.71. The minimum atomic E-state index is -1.89. The normalized spacial score (nSPS) is 18.9. The Labute approximate surface area is 195 Å². The minimum absolute atomic E-state index is 0.0901. The van der Waals surface area contributed by atoms with Gasteiger partial charge in [-0.2, -0.15) is 0 Å². The molecule has 0 spiro atoms. The summed E-state index contributed by atoms with van der Waals surface area (Å²) in [5, 5.41) is 28.8. The molecule has 1 aromatic rings. The van der Waals surface area contributed by atoms with E-state index in [-0.39, 0.29) is 28.6 Å². The van der Waals surface area contributed by atoms with Gasteiger partial charge in [0.1, 0.15) is 0 Å². The minimum Gasteiger partial charge on any atom is -0.465 e. The molecule has 1 fully saturated rings. The van der Waals surface area contributed by atoms with E-state index < -0.39 is 19.3 Å². The number of nitrogens with one attached hydrogen (secondary N) is 3. The molecule has 33 heavy (non-hydrogen) atoms. The maximum atomic E-state index is 12.9. The fourth-order valence-electron chi connectivity index (χ4n) is 3.58. The van der Waals surface area contributed by atoms with Crippen LogP contribution in [0.15, 0.2) is 18.2 Å². The Bertz CT molecular complexity index is 871. The van der Waals surface area contributed by atoms with Crippen LogP contribution in [0.3, 0.4) is 0 Å². The molecule has 4 N–H and O–H groups in total. The fraction of sp³-hybridized carbons (Fsp3) is 0.636. The van der Waals surface area contributed by atoms with E-state index in [4.69, 9.17) is 9.53 Å². The van der Waals surface area contributed by atoms with Crippen LogP contribution in [0, 0.1) is 16.0 Å². The van der Waals surface area contributed by atoms with E-state index in [1.54, 1.807) is 6.07 Å². The van der Waals surface area contributed by atoms with Crippen molar-refractivity contribution in [2.45, 2.75) is 70.6 Å². The summed E-state index contributed by atoms with van der Waals surface area (Å²) >= 11 is 0. The van der Waals surface area contributed by atoms with Crippen LogP contribution in [0.2, 0.25) is 18.1 Å². The van der Waals surface area contributed by atoms with E-state index in [9.17, 15) is 19.7 Å². The SMILES string of the molecule is CC(C)(C)[Si](C)(C)OCCNc1ccc([N+](=O)[O-])cc1NC(=O)[C@@H]1CCC[C@H](NC(=O)O)C1. The van der Waals surface area contributed by atoms with Crippen molar-refractivity contribution in [3.8, 4) is 0 Å². The number of hydrogen-bond donors (Lipinski definition) is 4.